The fourth-order valence-electron chi connectivity index (χ4n) is 2.77. The quantitative estimate of drug-likeness (QED) is 0.906. The van der Waals surface area contributed by atoms with Crippen molar-refractivity contribution in [1.82, 2.24) is 15.5 Å². The van der Waals surface area contributed by atoms with Gasteiger partial charge in [-0.1, -0.05) is 19.0 Å². The summed E-state index contributed by atoms with van der Waals surface area (Å²) in [5.74, 6) is 2.80. The van der Waals surface area contributed by atoms with Crippen LogP contribution in [0.4, 0.5) is 0 Å². The van der Waals surface area contributed by atoms with Crippen LogP contribution in [-0.4, -0.2) is 39.5 Å². The van der Waals surface area contributed by atoms with Crippen LogP contribution in [0.25, 0.3) is 0 Å². The highest BCUT2D eigenvalue weighted by atomic mass is 32.2. The predicted molar refractivity (Wildman–Crippen MR) is 85.5 cm³/mol. The van der Waals surface area contributed by atoms with Gasteiger partial charge < -0.3 is 9.84 Å². The highest BCUT2D eigenvalue weighted by Gasteiger charge is 2.36. The summed E-state index contributed by atoms with van der Waals surface area (Å²) in [5, 5.41) is 9.45. The zero-order chi connectivity index (χ0) is 14.2. The molecule has 0 amide bonds. The van der Waals surface area contributed by atoms with Gasteiger partial charge in [0.15, 0.2) is 5.82 Å². The Labute approximate surface area is 129 Å². The molecule has 0 saturated carbocycles. The topological polar surface area (TPSA) is 51.0 Å². The van der Waals surface area contributed by atoms with E-state index in [1.54, 1.807) is 0 Å². The lowest BCUT2D eigenvalue weighted by Crippen LogP contribution is -2.41. The number of nitrogens with zero attached hydrogens (tertiary/aromatic N) is 2. The van der Waals surface area contributed by atoms with E-state index >= 15 is 0 Å². The first-order valence-corrected chi connectivity index (χ1v) is 9.39. The third kappa shape index (κ3) is 2.88. The summed E-state index contributed by atoms with van der Waals surface area (Å²) in [6.45, 7) is 8.86. The van der Waals surface area contributed by atoms with Gasteiger partial charge >= 0.3 is 0 Å². The number of nitrogens with one attached hydrogen (secondary N) is 1. The molecule has 4 unspecified atom stereocenters. The van der Waals surface area contributed by atoms with Crippen LogP contribution in [-0.2, 0) is 5.41 Å². The second-order valence-electron chi connectivity index (χ2n) is 6.17. The van der Waals surface area contributed by atoms with E-state index in [-0.39, 0.29) is 5.41 Å². The molecular formula is C14H23N3OS2. The van der Waals surface area contributed by atoms with Crippen LogP contribution in [0.15, 0.2) is 4.52 Å². The number of hydrogen-bond acceptors (Lipinski definition) is 6. The predicted octanol–water partition coefficient (Wildman–Crippen LogP) is 3.01. The Bertz CT molecular complexity index is 459. The number of piperidine rings is 1. The van der Waals surface area contributed by atoms with Gasteiger partial charge in [0.05, 0.1) is 10.7 Å². The van der Waals surface area contributed by atoms with Crippen LogP contribution in [0.2, 0.25) is 0 Å². The Morgan fingerprint density at radius 2 is 2.20 bits per heavy atom. The molecule has 4 nitrogen and oxygen atoms in total. The third-order valence-electron chi connectivity index (χ3n) is 4.39. The van der Waals surface area contributed by atoms with Crippen LogP contribution in [0.3, 0.4) is 0 Å². The van der Waals surface area contributed by atoms with E-state index in [0.717, 1.165) is 37.0 Å². The lowest BCUT2D eigenvalue weighted by molar-refractivity contribution is 0.244. The maximum Gasteiger partial charge on any atom is 0.233 e. The standard InChI is InChI=1S/C14H23N3OS2/c1-9-10(2)20-11(7-19-9)12-16-13(18-17-12)14(3)5-4-6-15-8-14/h9-11,15H,4-8H2,1-3H3. The molecule has 2 aliphatic heterocycles. The van der Waals surface area contributed by atoms with Crippen molar-refractivity contribution in [2.45, 2.75) is 54.8 Å². The van der Waals surface area contributed by atoms with Gasteiger partial charge in [-0.15, -0.1) is 11.8 Å². The summed E-state index contributed by atoms with van der Waals surface area (Å²) in [6.07, 6.45) is 2.30. The molecule has 1 aromatic heterocycles. The lowest BCUT2D eigenvalue weighted by Gasteiger charge is -2.30. The summed E-state index contributed by atoms with van der Waals surface area (Å²) in [7, 11) is 0. The van der Waals surface area contributed by atoms with Crippen LogP contribution >= 0.6 is 23.5 Å². The average Bonchev–Trinajstić information content (AvgIpc) is 2.93. The maximum absolute atomic E-state index is 5.60. The average molecular weight is 313 g/mol. The molecule has 3 rings (SSSR count). The molecule has 1 aromatic rings. The first-order chi connectivity index (χ1) is 9.58. The monoisotopic (exact) mass is 313 g/mol. The van der Waals surface area contributed by atoms with Gasteiger partial charge in [0.2, 0.25) is 5.89 Å². The summed E-state index contributed by atoms with van der Waals surface area (Å²) in [6, 6.07) is 0. The van der Waals surface area contributed by atoms with Crippen molar-refractivity contribution in [2.75, 3.05) is 18.8 Å². The first-order valence-electron chi connectivity index (χ1n) is 7.40. The summed E-state index contributed by atoms with van der Waals surface area (Å²) < 4.78 is 5.60. The Hall–Kier alpha value is -0.200. The van der Waals surface area contributed by atoms with E-state index in [1.807, 2.05) is 23.5 Å². The molecule has 2 saturated heterocycles. The summed E-state index contributed by atoms with van der Waals surface area (Å²) >= 11 is 4.00. The Morgan fingerprint density at radius 3 is 2.90 bits per heavy atom. The highest BCUT2D eigenvalue weighted by molar-refractivity contribution is 8.07. The molecule has 4 atom stereocenters. The number of thioether (sulfide) groups is 2. The molecule has 112 valence electrons. The van der Waals surface area contributed by atoms with Crippen molar-refractivity contribution in [3.63, 3.8) is 0 Å². The molecule has 2 fully saturated rings. The second kappa shape index (κ2) is 5.89. The van der Waals surface area contributed by atoms with Gasteiger partial charge in [-0.05, 0) is 26.3 Å². The fourth-order valence-corrected chi connectivity index (χ4v) is 5.60. The van der Waals surface area contributed by atoms with Crippen molar-refractivity contribution in [2.24, 2.45) is 0 Å². The normalized spacial score (nSPS) is 38.9. The Balaban J connectivity index is 1.73. The van der Waals surface area contributed by atoms with Crippen LogP contribution in [0.1, 0.15) is 50.6 Å². The van der Waals surface area contributed by atoms with E-state index < -0.39 is 0 Å². The second-order valence-corrected chi connectivity index (χ2v) is 9.16. The van der Waals surface area contributed by atoms with Gasteiger partial charge in [0.25, 0.3) is 0 Å². The largest absolute Gasteiger partial charge is 0.339 e. The molecule has 20 heavy (non-hydrogen) atoms. The minimum atomic E-state index is 0.00881. The third-order valence-corrected chi connectivity index (χ3v) is 7.78. The van der Waals surface area contributed by atoms with E-state index in [4.69, 9.17) is 9.51 Å². The molecule has 2 aliphatic rings. The van der Waals surface area contributed by atoms with Crippen molar-refractivity contribution < 1.29 is 4.52 Å². The Morgan fingerprint density at radius 1 is 1.35 bits per heavy atom. The first kappa shape index (κ1) is 14.7. The molecule has 0 radical (unpaired) electrons. The molecule has 0 bridgehead atoms. The van der Waals surface area contributed by atoms with Gasteiger partial charge in [-0.2, -0.15) is 16.7 Å². The minimum absolute atomic E-state index is 0.00881. The highest BCUT2D eigenvalue weighted by Crippen LogP contribution is 2.43. The van der Waals surface area contributed by atoms with Gasteiger partial charge in [-0.25, -0.2) is 0 Å². The van der Waals surface area contributed by atoms with E-state index in [0.29, 0.717) is 15.7 Å². The van der Waals surface area contributed by atoms with E-state index in [9.17, 15) is 0 Å². The van der Waals surface area contributed by atoms with Crippen molar-refractivity contribution >= 4 is 23.5 Å². The molecule has 0 spiro atoms. The summed E-state index contributed by atoms with van der Waals surface area (Å²) in [5.41, 5.74) is 0.00881. The van der Waals surface area contributed by atoms with Crippen LogP contribution in [0, 0.1) is 0 Å². The minimum Gasteiger partial charge on any atom is -0.339 e. The van der Waals surface area contributed by atoms with Gasteiger partial charge in [0, 0.05) is 22.8 Å². The number of aromatic nitrogens is 2. The number of hydrogen-bond donors (Lipinski definition) is 1. The molecule has 3 heterocycles. The Kier molecular flexibility index (Phi) is 4.34. The van der Waals surface area contributed by atoms with Crippen molar-refractivity contribution in [1.29, 1.82) is 0 Å². The fraction of sp³-hybridized carbons (Fsp3) is 0.857. The van der Waals surface area contributed by atoms with Crippen LogP contribution in [0.5, 0.6) is 0 Å². The van der Waals surface area contributed by atoms with Crippen LogP contribution < -0.4 is 5.32 Å². The lowest BCUT2D eigenvalue weighted by atomic mass is 9.83. The molecule has 1 N–H and O–H groups in total. The van der Waals surface area contributed by atoms with Crippen molar-refractivity contribution in [3.05, 3.63) is 11.7 Å². The maximum atomic E-state index is 5.60. The zero-order valence-electron chi connectivity index (χ0n) is 12.4. The molecule has 0 aliphatic carbocycles. The molecule has 6 heteroatoms. The smallest absolute Gasteiger partial charge is 0.233 e. The van der Waals surface area contributed by atoms with E-state index in [2.05, 4.69) is 31.2 Å². The number of rotatable bonds is 2. The molecule has 0 aromatic carbocycles. The molecular weight excluding hydrogens is 290 g/mol. The zero-order valence-corrected chi connectivity index (χ0v) is 14.0. The van der Waals surface area contributed by atoms with E-state index in [1.165, 1.54) is 6.42 Å². The van der Waals surface area contributed by atoms with Gasteiger partial charge in [0.1, 0.15) is 0 Å². The SMILES string of the molecule is CC1SCC(c2noc(C3(C)CCCNC3)n2)SC1C. The summed E-state index contributed by atoms with van der Waals surface area (Å²) in [4.78, 5) is 4.74. The van der Waals surface area contributed by atoms with Gasteiger partial charge in [-0.3, -0.25) is 0 Å². The van der Waals surface area contributed by atoms with Crippen molar-refractivity contribution in [3.8, 4) is 0 Å².